The molecule has 6 nitrogen and oxygen atoms in total. The second-order valence-electron chi connectivity index (χ2n) is 5.56. The van der Waals surface area contributed by atoms with E-state index in [0.717, 1.165) is 32.1 Å². The lowest BCUT2D eigenvalue weighted by molar-refractivity contribution is 0.530. The smallest absolute Gasteiger partial charge is 0.330 e. The number of nitrogens with zero attached hydrogens (tertiary/aromatic N) is 1. The first-order valence-corrected chi connectivity index (χ1v) is 6.87. The molecule has 1 fully saturated rings. The number of aromatic nitrogens is 2. The van der Waals surface area contributed by atoms with Gasteiger partial charge in [-0.15, -0.1) is 0 Å². The van der Waals surface area contributed by atoms with Crippen molar-refractivity contribution in [3.05, 3.63) is 20.8 Å². The van der Waals surface area contributed by atoms with E-state index in [1.54, 1.807) is 0 Å². The maximum absolute atomic E-state index is 11.9. The third-order valence-corrected chi connectivity index (χ3v) is 3.82. The third-order valence-electron chi connectivity index (χ3n) is 3.82. The van der Waals surface area contributed by atoms with Crippen molar-refractivity contribution >= 4 is 11.5 Å². The fourth-order valence-electron chi connectivity index (χ4n) is 2.74. The number of nitrogen functional groups attached to an aromatic ring is 1. The van der Waals surface area contributed by atoms with Crippen LogP contribution in [-0.2, 0) is 6.54 Å². The van der Waals surface area contributed by atoms with Crippen molar-refractivity contribution in [2.75, 3.05) is 11.1 Å². The number of hydrogen-bond donors (Lipinski definition) is 3. The van der Waals surface area contributed by atoms with E-state index in [0.29, 0.717) is 12.2 Å². The van der Waals surface area contributed by atoms with Crippen LogP contribution in [0.2, 0.25) is 0 Å². The molecule has 106 valence electrons. The van der Waals surface area contributed by atoms with Crippen LogP contribution in [0.4, 0.5) is 11.5 Å². The van der Waals surface area contributed by atoms with Gasteiger partial charge in [-0.05, 0) is 26.2 Å². The topological polar surface area (TPSA) is 92.9 Å². The highest BCUT2D eigenvalue weighted by atomic mass is 16.2. The van der Waals surface area contributed by atoms with Gasteiger partial charge in [0.1, 0.15) is 11.5 Å². The van der Waals surface area contributed by atoms with E-state index >= 15 is 0 Å². The van der Waals surface area contributed by atoms with E-state index in [-0.39, 0.29) is 11.4 Å². The van der Waals surface area contributed by atoms with Crippen LogP contribution in [0.5, 0.6) is 0 Å². The van der Waals surface area contributed by atoms with E-state index in [9.17, 15) is 9.59 Å². The summed E-state index contributed by atoms with van der Waals surface area (Å²) in [6.45, 7) is 4.56. The molecule has 1 aliphatic carbocycles. The molecule has 0 aromatic carbocycles. The molecule has 0 aliphatic heterocycles. The Labute approximate surface area is 112 Å². The van der Waals surface area contributed by atoms with Gasteiger partial charge in [-0.3, -0.25) is 14.3 Å². The summed E-state index contributed by atoms with van der Waals surface area (Å²) in [6, 6.07) is 0. The highest BCUT2D eigenvalue weighted by molar-refractivity contribution is 5.61. The van der Waals surface area contributed by atoms with E-state index in [2.05, 4.69) is 17.2 Å². The summed E-state index contributed by atoms with van der Waals surface area (Å²) < 4.78 is 1.42. The third kappa shape index (κ3) is 2.67. The number of anilines is 2. The zero-order valence-electron chi connectivity index (χ0n) is 11.6. The standard InChI is InChI=1S/C13H22N4O2/c1-3-8-17-10(14)9(11(18)15-12(17)19)16-13(2)6-4-5-7-13/h16H,3-8,14H2,1-2H3,(H,15,18,19). The predicted octanol–water partition coefficient (Wildman–Crippen LogP) is 1.27. The Hall–Kier alpha value is -1.72. The number of hydrogen-bond acceptors (Lipinski definition) is 4. The largest absolute Gasteiger partial charge is 0.383 e. The highest BCUT2D eigenvalue weighted by Gasteiger charge is 2.30. The Morgan fingerprint density at radius 3 is 2.58 bits per heavy atom. The average molecular weight is 266 g/mol. The van der Waals surface area contributed by atoms with E-state index in [1.807, 2.05) is 6.92 Å². The summed E-state index contributed by atoms with van der Waals surface area (Å²) in [4.78, 5) is 26.0. The van der Waals surface area contributed by atoms with Crippen LogP contribution < -0.4 is 22.3 Å². The van der Waals surface area contributed by atoms with E-state index < -0.39 is 11.2 Å². The fourth-order valence-corrected chi connectivity index (χ4v) is 2.74. The van der Waals surface area contributed by atoms with Gasteiger partial charge in [0.2, 0.25) is 0 Å². The van der Waals surface area contributed by atoms with Crippen LogP contribution >= 0.6 is 0 Å². The molecule has 0 unspecified atom stereocenters. The Kier molecular flexibility index (Phi) is 3.68. The molecule has 4 N–H and O–H groups in total. The summed E-state index contributed by atoms with van der Waals surface area (Å²) in [5.74, 6) is 0.240. The first kappa shape index (κ1) is 13.7. The number of nitrogens with two attached hydrogens (primary N) is 1. The first-order chi connectivity index (χ1) is 8.97. The summed E-state index contributed by atoms with van der Waals surface area (Å²) in [6.07, 6.45) is 5.11. The second-order valence-corrected chi connectivity index (χ2v) is 5.56. The summed E-state index contributed by atoms with van der Waals surface area (Å²) in [5.41, 5.74) is 5.35. The molecule has 0 saturated heterocycles. The van der Waals surface area contributed by atoms with Crippen molar-refractivity contribution in [1.29, 1.82) is 0 Å². The zero-order chi connectivity index (χ0) is 14.0. The van der Waals surface area contributed by atoms with Gasteiger partial charge < -0.3 is 11.1 Å². The minimum atomic E-state index is -0.438. The molecule has 1 heterocycles. The van der Waals surface area contributed by atoms with Crippen molar-refractivity contribution in [3.63, 3.8) is 0 Å². The van der Waals surface area contributed by atoms with Gasteiger partial charge in [-0.2, -0.15) is 0 Å². The number of H-pyrrole nitrogens is 1. The molecule has 0 atom stereocenters. The average Bonchev–Trinajstić information content (AvgIpc) is 2.77. The van der Waals surface area contributed by atoms with Gasteiger partial charge in [0.25, 0.3) is 5.56 Å². The monoisotopic (exact) mass is 266 g/mol. The van der Waals surface area contributed by atoms with Gasteiger partial charge in [0.15, 0.2) is 0 Å². The number of nitrogens with one attached hydrogen (secondary N) is 2. The maximum atomic E-state index is 11.9. The van der Waals surface area contributed by atoms with E-state index in [4.69, 9.17) is 5.73 Å². The summed E-state index contributed by atoms with van der Waals surface area (Å²) >= 11 is 0. The van der Waals surface area contributed by atoms with Crippen molar-refractivity contribution in [1.82, 2.24) is 9.55 Å². The number of rotatable bonds is 4. The second kappa shape index (κ2) is 5.11. The molecule has 1 aromatic rings. The molecule has 0 bridgehead atoms. The Morgan fingerprint density at radius 1 is 1.37 bits per heavy atom. The highest BCUT2D eigenvalue weighted by Crippen LogP contribution is 2.32. The molecule has 1 saturated carbocycles. The van der Waals surface area contributed by atoms with Crippen LogP contribution in [0.15, 0.2) is 9.59 Å². The molecule has 19 heavy (non-hydrogen) atoms. The lowest BCUT2D eigenvalue weighted by Crippen LogP contribution is -2.39. The molecule has 0 amide bonds. The minimum Gasteiger partial charge on any atom is -0.383 e. The van der Waals surface area contributed by atoms with Crippen molar-refractivity contribution < 1.29 is 0 Å². The molecule has 0 radical (unpaired) electrons. The zero-order valence-corrected chi connectivity index (χ0v) is 11.6. The SMILES string of the molecule is CCCn1c(N)c(NC2(C)CCCC2)c(=O)[nH]c1=O. The maximum Gasteiger partial charge on any atom is 0.330 e. The molecule has 1 aliphatic rings. The van der Waals surface area contributed by atoms with Crippen LogP contribution in [0.1, 0.15) is 46.0 Å². The molecule has 1 aromatic heterocycles. The van der Waals surface area contributed by atoms with Gasteiger partial charge >= 0.3 is 5.69 Å². The van der Waals surface area contributed by atoms with Crippen LogP contribution in [0.3, 0.4) is 0 Å². The van der Waals surface area contributed by atoms with Crippen molar-refractivity contribution in [2.24, 2.45) is 0 Å². The minimum absolute atomic E-state index is 0.102. The van der Waals surface area contributed by atoms with Crippen molar-refractivity contribution in [3.8, 4) is 0 Å². The van der Waals surface area contributed by atoms with Gasteiger partial charge in [-0.1, -0.05) is 19.8 Å². The Bertz CT molecular complexity index is 567. The lowest BCUT2D eigenvalue weighted by Gasteiger charge is -2.27. The van der Waals surface area contributed by atoms with Gasteiger partial charge in [0.05, 0.1) is 0 Å². The molecular formula is C13H22N4O2. The summed E-state index contributed by atoms with van der Waals surface area (Å²) in [5, 5.41) is 3.25. The van der Waals surface area contributed by atoms with Crippen LogP contribution in [0.25, 0.3) is 0 Å². The Balaban J connectivity index is 2.42. The quantitative estimate of drug-likeness (QED) is 0.765. The number of aromatic amines is 1. The van der Waals surface area contributed by atoms with Crippen LogP contribution in [0, 0.1) is 0 Å². The lowest BCUT2D eigenvalue weighted by atomic mass is 10.0. The van der Waals surface area contributed by atoms with Crippen LogP contribution in [-0.4, -0.2) is 15.1 Å². The van der Waals surface area contributed by atoms with Gasteiger partial charge in [0, 0.05) is 12.1 Å². The molecule has 0 spiro atoms. The fraction of sp³-hybridized carbons (Fsp3) is 0.692. The summed E-state index contributed by atoms with van der Waals surface area (Å²) in [7, 11) is 0. The molecule has 2 rings (SSSR count). The first-order valence-electron chi connectivity index (χ1n) is 6.87. The van der Waals surface area contributed by atoms with E-state index in [1.165, 1.54) is 4.57 Å². The normalized spacial score (nSPS) is 17.6. The van der Waals surface area contributed by atoms with Crippen molar-refractivity contribution in [2.45, 2.75) is 58.0 Å². The predicted molar refractivity (Wildman–Crippen MR) is 76.5 cm³/mol. The molecular weight excluding hydrogens is 244 g/mol. The van der Waals surface area contributed by atoms with Gasteiger partial charge in [-0.25, -0.2) is 4.79 Å². The Morgan fingerprint density at radius 2 is 2.00 bits per heavy atom. The molecule has 6 heteroatoms.